The van der Waals surface area contributed by atoms with Gasteiger partial charge in [-0.3, -0.25) is 9.20 Å². The minimum atomic E-state index is -4.67. The second kappa shape index (κ2) is 10.1. The SMILES string of the molecule is Cc1ccn2c(-c3ccnc(Nc4ccc(C(=O)NOC5CCCCO5)cc4)n3)c(C(F)(F)F)nc2c1. The highest BCUT2D eigenvalue weighted by molar-refractivity contribution is 5.93. The van der Waals surface area contributed by atoms with Crippen LogP contribution in [0.5, 0.6) is 0 Å². The van der Waals surface area contributed by atoms with Crippen molar-refractivity contribution in [3.05, 3.63) is 71.7 Å². The van der Waals surface area contributed by atoms with Gasteiger partial charge in [0.25, 0.3) is 5.91 Å². The Labute approximate surface area is 209 Å². The van der Waals surface area contributed by atoms with E-state index in [1.165, 1.54) is 22.9 Å². The van der Waals surface area contributed by atoms with Gasteiger partial charge in [-0.2, -0.15) is 13.2 Å². The van der Waals surface area contributed by atoms with E-state index >= 15 is 0 Å². The average molecular weight is 512 g/mol. The van der Waals surface area contributed by atoms with E-state index in [1.54, 1.807) is 43.3 Å². The molecule has 0 aliphatic carbocycles. The molecule has 1 saturated heterocycles. The molecule has 1 unspecified atom stereocenters. The van der Waals surface area contributed by atoms with Crippen LogP contribution in [-0.4, -0.2) is 38.2 Å². The number of anilines is 2. The van der Waals surface area contributed by atoms with E-state index < -0.39 is 24.1 Å². The van der Waals surface area contributed by atoms with E-state index in [1.807, 2.05) is 0 Å². The summed E-state index contributed by atoms with van der Waals surface area (Å²) in [6.07, 6.45) is 0.419. The monoisotopic (exact) mass is 512 g/mol. The highest BCUT2D eigenvalue weighted by atomic mass is 19.4. The van der Waals surface area contributed by atoms with Crippen molar-refractivity contribution in [3.63, 3.8) is 0 Å². The van der Waals surface area contributed by atoms with E-state index in [2.05, 4.69) is 25.7 Å². The zero-order valence-electron chi connectivity index (χ0n) is 19.7. The number of nitrogens with zero attached hydrogens (tertiary/aromatic N) is 4. The van der Waals surface area contributed by atoms with Gasteiger partial charge in [0, 0.05) is 36.7 Å². The van der Waals surface area contributed by atoms with Crippen molar-refractivity contribution in [3.8, 4) is 11.4 Å². The first-order valence-corrected chi connectivity index (χ1v) is 11.6. The first-order chi connectivity index (χ1) is 17.8. The van der Waals surface area contributed by atoms with Gasteiger partial charge in [-0.05, 0) is 67.8 Å². The quantitative estimate of drug-likeness (QED) is 0.349. The zero-order valence-corrected chi connectivity index (χ0v) is 19.7. The van der Waals surface area contributed by atoms with Gasteiger partial charge in [-0.15, -0.1) is 0 Å². The van der Waals surface area contributed by atoms with Crippen LogP contribution in [0.3, 0.4) is 0 Å². The number of halogens is 3. The molecule has 0 radical (unpaired) electrons. The van der Waals surface area contributed by atoms with Gasteiger partial charge < -0.3 is 10.1 Å². The molecular formula is C25H23F3N6O3. The van der Waals surface area contributed by atoms with Crippen molar-refractivity contribution in [1.29, 1.82) is 0 Å². The summed E-state index contributed by atoms with van der Waals surface area (Å²) < 4.78 is 48.2. The van der Waals surface area contributed by atoms with Crippen molar-refractivity contribution in [2.45, 2.75) is 38.7 Å². The molecule has 2 N–H and O–H groups in total. The van der Waals surface area contributed by atoms with Crippen LogP contribution < -0.4 is 10.8 Å². The number of rotatable bonds is 6. The molecule has 0 saturated carbocycles. The van der Waals surface area contributed by atoms with Crippen LogP contribution >= 0.6 is 0 Å². The van der Waals surface area contributed by atoms with E-state index in [9.17, 15) is 18.0 Å². The maximum atomic E-state index is 13.8. The lowest BCUT2D eigenvalue weighted by Crippen LogP contribution is -2.33. The molecular weight excluding hydrogens is 489 g/mol. The molecule has 37 heavy (non-hydrogen) atoms. The van der Waals surface area contributed by atoms with Gasteiger partial charge in [0.15, 0.2) is 12.0 Å². The molecule has 9 nitrogen and oxygen atoms in total. The van der Waals surface area contributed by atoms with Gasteiger partial charge in [0.1, 0.15) is 11.3 Å². The van der Waals surface area contributed by atoms with E-state index in [-0.39, 0.29) is 23.0 Å². The van der Waals surface area contributed by atoms with Crippen molar-refractivity contribution in [2.75, 3.05) is 11.9 Å². The molecule has 1 aromatic carbocycles. The number of nitrogens with one attached hydrogen (secondary N) is 2. The van der Waals surface area contributed by atoms with Crippen molar-refractivity contribution >= 4 is 23.2 Å². The van der Waals surface area contributed by atoms with E-state index in [4.69, 9.17) is 9.57 Å². The third-order valence-corrected chi connectivity index (χ3v) is 5.77. The molecule has 4 heterocycles. The Kier molecular flexibility index (Phi) is 6.76. The fourth-order valence-corrected chi connectivity index (χ4v) is 3.96. The number of hydroxylamine groups is 1. The largest absolute Gasteiger partial charge is 0.435 e. The van der Waals surface area contributed by atoms with Crippen LogP contribution in [0.15, 0.2) is 54.9 Å². The third kappa shape index (κ3) is 5.54. The lowest BCUT2D eigenvalue weighted by molar-refractivity contribution is -0.186. The maximum Gasteiger partial charge on any atom is 0.435 e. The lowest BCUT2D eigenvalue weighted by Gasteiger charge is -2.22. The number of hydrogen-bond acceptors (Lipinski definition) is 7. The van der Waals surface area contributed by atoms with Crippen molar-refractivity contribution < 1.29 is 27.5 Å². The number of imidazole rings is 1. The number of carbonyl (C=O) groups is 1. The van der Waals surface area contributed by atoms with Crippen LogP contribution in [0.1, 0.15) is 40.9 Å². The highest BCUT2D eigenvalue weighted by Crippen LogP contribution is 2.37. The fourth-order valence-electron chi connectivity index (χ4n) is 3.96. The molecule has 0 bridgehead atoms. The number of aryl methyl sites for hydroxylation is 1. The molecule has 4 aromatic rings. The Hall–Kier alpha value is -4.03. The molecule has 192 valence electrons. The minimum Gasteiger partial charge on any atom is -0.350 e. The predicted molar refractivity (Wildman–Crippen MR) is 128 cm³/mol. The number of benzene rings is 1. The number of carbonyl (C=O) groups excluding carboxylic acids is 1. The van der Waals surface area contributed by atoms with Gasteiger partial charge in [-0.1, -0.05) is 0 Å². The van der Waals surface area contributed by atoms with Gasteiger partial charge in [0.2, 0.25) is 5.95 Å². The third-order valence-electron chi connectivity index (χ3n) is 5.77. The van der Waals surface area contributed by atoms with E-state index in [0.29, 0.717) is 24.3 Å². The van der Waals surface area contributed by atoms with E-state index in [0.717, 1.165) is 18.4 Å². The zero-order chi connectivity index (χ0) is 26.0. The number of aromatic nitrogens is 4. The maximum absolute atomic E-state index is 13.8. The minimum absolute atomic E-state index is 0.0549. The Bertz CT molecular complexity index is 1420. The first-order valence-electron chi connectivity index (χ1n) is 11.6. The van der Waals surface area contributed by atoms with Crippen molar-refractivity contribution in [2.24, 2.45) is 0 Å². The van der Waals surface area contributed by atoms with Crippen LogP contribution in [0.25, 0.3) is 17.0 Å². The molecule has 1 fully saturated rings. The topological polar surface area (TPSA) is 103 Å². The summed E-state index contributed by atoms with van der Waals surface area (Å²) in [6, 6.07) is 11.1. The number of fused-ring (bicyclic) bond motifs is 1. The smallest absolute Gasteiger partial charge is 0.350 e. The molecule has 12 heteroatoms. The molecule has 1 aliphatic heterocycles. The Morgan fingerprint density at radius 1 is 1.14 bits per heavy atom. The second-order valence-corrected chi connectivity index (χ2v) is 8.55. The molecule has 0 spiro atoms. The molecule has 5 rings (SSSR count). The predicted octanol–water partition coefficient (Wildman–Crippen LogP) is 5.05. The van der Waals surface area contributed by atoms with Gasteiger partial charge >= 0.3 is 6.18 Å². The fraction of sp³-hybridized carbons (Fsp3) is 0.280. The Balaban J connectivity index is 1.33. The lowest BCUT2D eigenvalue weighted by atomic mass is 10.2. The average Bonchev–Trinajstić information content (AvgIpc) is 3.28. The summed E-state index contributed by atoms with van der Waals surface area (Å²) in [6.45, 7) is 2.38. The summed E-state index contributed by atoms with van der Waals surface area (Å²) in [5.41, 5.74) is 3.08. The Morgan fingerprint density at radius 3 is 2.68 bits per heavy atom. The summed E-state index contributed by atoms with van der Waals surface area (Å²) in [7, 11) is 0. The summed E-state index contributed by atoms with van der Waals surface area (Å²) in [4.78, 5) is 29.9. The molecule has 1 atom stereocenters. The number of ether oxygens (including phenoxy) is 1. The van der Waals surface area contributed by atoms with Crippen LogP contribution in [0.4, 0.5) is 24.8 Å². The van der Waals surface area contributed by atoms with Crippen molar-refractivity contribution in [1.82, 2.24) is 24.8 Å². The number of hydrogen-bond donors (Lipinski definition) is 2. The number of amides is 1. The van der Waals surface area contributed by atoms with Crippen LogP contribution in [0, 0.1) is 6.92 Å². The standard InChI is InChI=1S/C25H23F3N6O3/c1-15-10-12-34-19(14-15)32-22(25(26,27)28)21(34)18-9-11-29-24(31-18)30-17-7-5-16(6-8-17)23(35)33-37-20-4-2-3-13-36-20/h5-12,14,20H,2-4,13H2,1H3,(H,33,35)(H,29,30,31). The van der Waals surface area contributed by atoms with Crippen LogP contribution in [0.2, 0.25) is 0 Å². The normalized spacial score (nSPS) is 16.1. The molecule has 1 aliphatic rings. The molecule has 1 amide bonds. The Morgan fingerprint density at radius 2 is 1.95 bits per heavy atom. The molecule has 3 aromatic heterocycles. The first kappa shape index (κ1) is 24.7. The summed E-state index contributed by atoms with van der Waals surface area (Å²) >= 11 is 0. The second-order valence-electron chi connectivity index (χ2n) is 8.55. The van der Waals surface area contributed by atoms with Gasteiger partial charge in [-0.25, -0.2) is 25.3 Å². The summed E-state index contributed by atoms with van der Waals surface area (Å²) in [5.74, 6) is -0.343. The number of alkyl halides is 3. The summed E-state index contributed by atoms with van der Waals surface area (Å²) in [5, 5.41) is 2.96. The highest BCUT2D eigenvalue weighted by Gasteiger charge is 2.38. The number of pyridine rings is 1. The van der Waals surface area contributed by atoms with Crippen LogP contribution in [-0.2, 0) is 15.8 Å². The van der Waals surface area contributed by atoms with Gasteiger partial charge in [0.05, 0.1) is 5.69 Å².